The molecule has 0 saturated carbocycles. The fourth-order valence-corrected chi connectivity index (χ4v) is 1.29. The van der Waals surface area contributed by atoms with E-state index in [9.17, 15) is 4.79 Å². The van der Waals surface area contributed by atoms with Crippen LogP contribution in [-0.2, 0) is 4.79 Å². The van der Waals surface area contributed by atoms with Crippen molar-refractivity contribution in [3.63, 3.8) is 0 Å². The fourth-order valence-electron chi connectivity index (χ4n) is 1.29. The summed E-state index contributed by atoms with van der Waals surface area (Å²) in [6.45, 7) is 7.80. The number of hydrogen-bond acceptors (Lipinski definition) is 5. The van der Waals surface area contributed by atoms with Crippen LogP contribution in [0.5, 0.6) is 0 Å². The van der Waals surface area contributed by atoms with E-state index in [1.165, 1.54) is 6.33 Å². The van der Waals surface area contributed by atoms with Crippen molar-refractivity contribution >= 4 is 17.6 Å². The fraction of sp³-hybridized carbons (Fsp3) is 0.615. The number of nitrogens with one attached hydrogen (secondary N) is 1. The van der Waals surface area contributed by atoms with E-state index in [-0.39, 0.29) is 0 Å². The standard InChI is InChI=1S/C13H22N4O2/c1-9(2)17(5)11-6-10(15-8-16-11)14-7-13(3,4)12(18)19/h6,8-9H,7H2,1-5H3,(H,18,19)(H,14,15,16). The van der Waals surface area contributed by atoms with Crippen molar-refractivity contribution in [2.45, 2.75) is 33.7 Å². The number of anilines is 2. The molecule has 1 heterocycles. The summed E-state index contributed by atoms with van der Waals surface area (Å²) in [4.78, 5) is 21.3. The Labute approximate surface area is 113 Å². The number of aliphatic carboxylic acids is 1. The Balaban J connectivity index is 2.76. The normalized spacial score (nSPS) is 11.5. The average molecular weight is 266 g/mol. The summed E-state index contributed by atoms with van der Waals surface area (Å²) in [5.41, 5.74) is -0.838. The van der Waals surface area contributed by atoms with Gasteiger partial charge in [0.2, 0.25) is 0 Å². The first kappa shape index (κ1) is 15.2. The maximum atomic E-state index is 11.0. The van der Waals surface area contributed by atoms with Crippen LogP contribution in [-0.4, -0.2) is 40.7 Å². The van der Waals surface area contributed by atoms with Gasteiger partial charge in [0.1, 0.15) is 18.0 Å². The number of nitrogens with zero attached hydrogens (tertiary/aromatic N) is 3. The average Bonchev–Trinajstić information content (AvgIpc) is 2.35. The second kappa shape index (κ2) is 5.86. The molecule has 0 saturated heterocycles. The van der Waals surface area contributed by atoms with E-state index in [0.717, 1.165) is 5.82 Å². The topological polar surface area (TPSA) is 78.4 Å². The predicted molar refractivity (Wildman–Crippen MR) is 75.5 cm³/mol. The van der Waals surface area contributed by atoms with Crippen molar-refractivity contribution in [3.8, 4) is 0 Å². The Hall–Kier alpha value is -1.85. The molecule has 0 atom stereocenters. The van der Waals surface area contributed by atoms with Crippen LogP contribution in [0.15, 0.2) is 12.4 Å². The van der Waals surface area contributed by atoms with Crippen molar-refractivity contribution < 1.29 is 9.90 Å². The Kier molecular flexibility index (Phi) is 4.69. The van der Waals surface area contributed by atoms with Crippen molar-refractivity contribution in [2.24, 2.45) is 5.41 Å². The minimum Gasteiger partial charge on any atom is -0.481 e. The molecule has 1 rings (SSSR count). The highest BCUT2D eigenvalue weighted by atomic mass is 16.4. The Morgan fingerprint density at radius 3 is 2.63 bits per heavy atom. The van der Waals surface area contributed by atoms with Gasteiger partial charge in [0.15, 0.2) is 0 Å². The molecule has 0 fully saturated rings. The maximum absolute atomic E-state index is 11.0. The van der Waals surface area contributed by atoms with Gasteiger partial charge in [0, 0.05) is 25.7 Å². The molecule has 106 valence electrons. The summed E-state index contributed by atoms with van der Waals surface area (Å²) >= 11 is 0. The molecule has 6 nitrogen and oxygen atoms in total. The number of carboxylic acid groups (broad SMARTS) is 1. The number of aromatic nitrogens is 2. The van der Waals surface area contributed by atoms with Gasteiger partial charge in [-0.15, -0.1) is 0 Å². The zero-order chi connectivity index (χ0) is 14.6. The molecule has 1 aromatic rings. The maximum Gasteiger partial charge on any atom is 0.310 e. The zero-order valence-electron chi connectivity index (χ0n) is 12.1. The SMILES string of the molecule is CC(C)N(C)c1cc(NCC(C)(C)C(=O)O)ncn1. The Morgan fingerprint density at radius 2 is 2.11 bits per heavy atom. The second-order valence-corrected chi connectivity index (χ2v) is 5.51. The lowest BCUT2D eigenvalue weighted by Gasteiger charge is -2.23. The van der Waals surface area contributed by atoms with Crippen LogP contribution in [0.25, 0.3) is 0 Å². The first-order valence-electron chi connectivity index (χ1n) is 6.26. The smallest absolute Gasteiger partial charge is 0.310 e. The van der Waals surface area contributed by atoms with Crippen LogP contribution in [0.4, 0.5) is 11.6 Å². The minimum atomic E-state index is -0.839. The van der Waals surface area contributed by atoms with E-state index in [1.807, 2.05) is 18.0 Å². The van der Waals surface area contributed by atoms with E-state index in [0.29, 0.717) is 18.4 Å². The summed E-state index contributed by atoms with van der Waals surface area (Å²) in [6.07, 6.45) is 1.48. The first-order chi connectivity index (χ1) is 8.74. The molecule has 0 unspecified atom stereocenters. The van der Waals surface area contributed by atoms with Crippen molar-refractivity contribution in [1.82, 2.24) is 9.97 Å². The minimum absolute atomic E-state index is 0.310. The lowest BCUT2D eigenvalue weighted by Crippen LogP contribution is -2.32. The number of rotatable bonds is 6. The molecule has 0 radical (unpaired) electrons. The molecule has 0 aliphatic carbocycles. The first-order valence-corrected chi connectivity index (χ1v) is 6.26. The molecule has 0 bridgehead atoms. The third-order valence-electron chi connectivity index (χ3n) is 3.08. The molecule has 0 aromatic carbocycles. The predicted octanol–water partition coefficient (Wildman–Crippen LogP) is 1.84. The van der Waals surface area contributed by atoms with Crippen molar-refractivity contribution in [2.75, 3.05) is 23.8 Å². The molecule has 0 aliphatic heterocycles. The summed E-state index contributed by atoms with van der Waals surface area (Å²) < 4.78 is 0. The monoisotopic (exact) mass is 266 g/mol. The van der Waals surface area contributed by atoms with Crippen LogP contribution in [0.2, 0.25) is 0 Å². The highest BCUT2D eigenvalue weighted by Crippen LogP contribution is 2.18. The molecule has 0 aliphatic rings. The second-order valence-electron chi connectivity index (χ2n) is 5.51. The molecule has 6 heteroatoms. The van der Waals surface area contributed by atoms with E-state index in [2.05, 4.69) is 29.1 Å². The van der Waals surface area contributed by atoms with Gasteiger partial charge in [0.25, 0.3) is 0 Å². The van der Waals surface area contributed by atoms with Gasteiger partial charge in [0.05, 0.1) is 5.41 Å². The van der Waals surface area contributed by atoms with E-state index >= 15 is 0 Å². The van der Waals surface area contributed by atoms with E-state index in [1.54, 1.807) is 13.8 Å². The van der Waals surface area contributed by atoms with Crippen molar-refractivity contribution in [1.29, 1.82) is 0 Å². The summed E-state index contributed by atoms with van der Waals surface area (Å²) in [5.74, 6) is 0.598. The molecular formula is C13H22N4O2. The van der Waals surface area contributed by atoms with Crippen LogP contribution in [0.3, 0.4) is 0 Å². The van der Waals surface area contributed by atoms with Gasteiger partial charge < -0.3 is 15.3 Å². The summed E-state index contributed by atoms with van der Waals surface area (Å²) in [6, 6.07) is 2.15. The highest BCUT2D eigenvalue weighted by Gasteiger charge is 2.26. The molecule has 0 spiro atoms. The largest absolute Gasteiger partial charge is 0.481 e. The summed E-state index contributed by atoms with van der Waals surface area (Å²) in [5, 5.41) is 12.1. The zero-order valence-corrected chi connectivity index (χ0v) is 12.1. The highest BCUT2D eigenvalue weighted by molar-refractivity contribution is 5.74. The Morgan fingerprint density at radius 1 is 1.47 bits per heavy atom. The van der Waals surface area contributed by atoms with Crippen LogP contribution in [0, 0.1) is 5.41 Å². The number of carboxylic acids is 1. The van der Waals surface area contributed by atoms with Crippen LogP contribution < -0.4 is 10.2 Å². The molecule has 0 amide bonds. The molecular weight excluding hydrogens is 244 g/mol. The third kappa shape index (κ3) is 4.08. The Bertz CT molecular complexity index is 446. The molecule has 19 heavy (non-hydrogen) atoms. The number of hydrogen-bond donors (Lipinski definition) is 2. The van der Waals surface area contributed by atoms with E-state index < -0.39 is 11.4 Å². The summed E-state index contributed by atoms with van der Waals surface area (Å²) in [7, 11) is 1.96. The molecule has 2 N–H and O–H groups in total. The van der Waals surface area contributed by atoms with Gasteiger partial charge in [-0.2, -0.15) is 0 Å². The van der Waals surface area contributed by atoms with Gasteiger partial charge in [-0.3, -0.25) is 4.79 Å². The molecule has 1 aromatic heterocycles. The lowest BCUT2D eigenvalue weighted by atomic mass is 9.94. The van der Waals surface area contributed by atoms with Gasteiger partial charge in [-0.05, 0) is 27.7 Å². The van der Waals surface area contributed by atoms with Crippen LogP contribution >= 0.6 is 0 Å². The number of carbonyl (C=O) groups is 1. The van der Waals surface area contributed by atoms with Gasteiger partial charge in [-0.25, -0.2) is 9.97 Å². The quantitative estimate of drug-likeness (QED) is 0.818. The van der Waals surface area contributed by atoms with Gasteiger partial charge in [-0.1, -0.05) is 0 Å². The third-order valence-corrected chi connectivity index (χ3v) is 3.08. The lowest BCUT2D eigenvalue weighted by molar-refractivity contribution is -0.146. The van der Waals surface area contributed by atoms with Crippen LogP contribution in [0.1, 0.15) is 27.7 Å². The van der Waals surface area contributed by atoms with E-state index in [4.69, 9.17) is 5.11 Å². The van der Waals surface area contributed by atoms with Gasteiger partial charge >= 0.3 is 5.97 Å². The van der Waals surface area contributed by atoms with Crippen molar-refractivity contribution in [3.05, 3.63) is 12.4 Å².